The number of hydrogen-bond acceptors (Lipinski definition) is 3. The van der Waals surface area contributed by atoms with Crippen LogP contribution in [-0.4, -0.2) is 11.5 Å². The smallest absolute Gasteiger partial charge is 0.219 e. The second-order valence-corrected chi connectivity index (χ2v) is 5.61. The van der Waals surface area contributed by atoms with Gasteiger partial charge in [-0.1, -0.05) is 31.5 Å². The number of benzene rings is 1. The standard InChI is InChI=1S/C16H18ClFN2O/c1-11(2)8-19-9-12-3-6-16(20-10-12)21-15-5-4-13(18)7-14(15)17/h3-7,10-11,19H,8-9H2,1-2H3. The molecular weight excluding hydrogens is 291 g/mol. The average molecular weight is 309 g/mol. The Morgan fingerprint density at radius 3 is 2.71 bits per heavy atom. The molecule has 1 N–H and O–H groups in total. The topological polar surface area (TPSA) is 34.1 Å². The lowest BCUT2D eigenvalue weighted by Gasteiger charge is -2.09. The van der Waals surface area contributed by atoms with Gasteiger partial charge in [0, 0.05) is 18.8 Å². The number of hydrogen-bond donors (Lipinski definition) is 1. The minimum atomic E-state index is -0.396. The van der Waals surface area contributed by atoms with E-state index in [4.69, 9.17) is 16.3 Å². The quantitative estimate of drug-likeness (QED) is 0.858. The van der Waals surface area contributed by atoms with Gasteiger partial charge in [-0.25, -0.2) is 9.37 Å². The summed E-state index contributed by atoms with van der Waals surface area (Å²) in [7, 11) is 0. The molecule has 0 atom stereocenters. The third-order valence-electron chi connectivity index (χ3n) is 2.79. The third kappa shape index (κ3) is 4.99. The number of pyridine rings is 1. The highest BCUT2D eigenvalue weighted by molar-refractivity contribution is 6.32. The largest absolute Gasteiger partial charge is 0.437 e. The van der Waals surface area contributed by atoms with Gasteiger partial charge in [0.2, 0.25) is 5.88 Å². The summed E-state index contributed by atoms with van der Waals surface area (Å²) in [5.41, 5.74) is 1.08. The van der Waals surface area contributed by atoms with E-state index in [2.05, 4.69) is 24.1 Å². The van der Waals surface area contributed by atoms with E-state index in [-0.39, 0.29) is 5.02 Å². The molecule has 0 bridgehead atoms. The van der Waals surface area contributed by atoms with E-state index < -0.39 is 5.82 Å². The predicted octanol–water partition coefficient (Wildman–Crippen LogP) is 4.41. The Morgan fingerprint density at radius 2 is 2.10 bits per heavy atom. The monoisotopic (exact) mass is 308 g/mol. The van der Waals surface area contributed by atoms with Gasteiger partial charge in [0.1, 0.15) is 11.6 Å². The minimum Gasteiger partial charge on any atom is -0.437 e. The number of nitrogens with one attached hydrogen (secondary N) is 1. The van der Waals surface area contributed by atoms with E-state index >= 15 is 0 Å². The number of halogens is 2. The van der Waals surface area contributed by atoms with Crippen molar-refractivity contribution in [3.8, 4) is 11.6 Å². The zero-order valence-electron chi connectivity index (χ0n) is 12.1. The SMILES string of the molecule is CC(C)CNCc1ccc(Oc2ccc(F)cc2Cl)nc1. The molecule has 0 amide bonds. The average Bonchev–Trinajstić information content (AvgIpc) is 2.43. The van der Waals surface area contributed by atoms with Gasteiger partial charge in [0.15, 0.2) is 0 Å². The van der Waals surface area contributed by atoms with Crippen molar-refractivity contribution in [3.63, 3.8) is 0 Å². The lowest BCUT2D eigenvalue weighted by atomic mass is 10.2. The van der Waals surface area contributed by atoms with Crippen molar-refractivity contribution in [2.45, 2.75) is 20.4 Å². The molecular formula is C16H18ClFN2O. The molecule has 0 aliphatic rings. The van der Waals surface area contributed by atoms with Crippen LogP contribution in [0.15, 0.2) is 36.5 Å². The van der Waals surface area contributed by atoms with Crippen LogP contribution in [-0.2, 0) is 6.54 Å². The van der Waals surface area contributed by atoms with E-state index in [1.807, 2.05) is 6.07 Å². The van der Waals surface area contributed by atoms with Gasteiger partial charge in [-0.2, -0.15) is 0 Å². The summed E-state index contributed by atoms with van der Waals surface area (Å²) in [4.78, 5) is 4.22. The molecule has 1 aromatic heterocycles. The predicted molar refractivity (Wildman–Crippen MR) is 82.3 cm³/mol. The summed E-state index contributed by atoms with van der Waals surface area (Å²) in [6.45, 7) is 6.05. The maximum Gasteiger partial charge on any atom is 0.219 e. The van der Waals surface area contributed by atoms with Crippen LogP contribution in [0.3, 0.4) is 0 Å². The fourth-order valence-corrected chi connectivity index (χ4v) is 1.96. The lowest BCUT2D eigenvalue weighted by Crippen LogP contribution is -2.18. The number of rotatable bonds is 6. The van der Waals surface area contributed by atoms with E-state index in [1.54, 1.807) is 12.3 Å². The summed E-state index contributed by atoms with van der Waals surface area (Å²) in [5.74, 6) is 1.03. The van der Waals surface area contributed by atoms with Crippen molar-refractivity contribution in [1.82, 2.24) is 10.3 Å². The van der Waals surface area contributed by atoms with Crippen molar-refractivity contribution >= 4 is 11.6 Å². The molecule has 21 heavy (non-hydrogen) atoms. The fraction of sp³-hybridized carbons (Fsp3) is 0.312. The van der Waals surface area contributed by atoms with Crippen molar-refractivity contribution < 1.29 is 9.13 Å². The molecule has 0 radical (unpaired) electrons. The molecule has 1 aromatic carbocycles. The minimum absolute atomic E-state index is 0.222. The molecule has 0 saturated carbocycles. The van der Waals surface area contributed by atoms with E-state index in [9.17, 15) is 4.39 Å². The van der Waals surface area contributed by atoms with Crippen molar-refractivity contribution in [2.75, 3.05) is 6.54 Å². The first-order chi connectivity index (χ1) is 10.0. The summed E-state index contributed by atoms with van der Waals surface area (Å²) in [6.07, 6.45) is 1.75. The highest BCUT2D eigenvalue weighted by atomic mass is 35.5. The second kappa shape index (κ2) is 7.38. The van der Waals surface area contributed by atoms with E-state index in [0.29, 0.717) is 17.5 Å². The molecule has 2 aromatic rings. The molecule has 112 valence electrons. The summed E-state index contributed by atoms with van der Waals surface area (Å²) >= 11 is 5.91. The number of ether oxygens (including phenoxy) is 1. The molecule has 0 aliphatic carbocycles. The second-order valence-electron chi connectivity index (χ2n) is 5.21. The van der Waals surface area contributed by atoms with Crippen LogP contribution in [0.2, 0.25) is 5.02 Å². The molecule has 0 aliphatic heterocycles. The Morgan fingerprint density at radius 1 is 1.29 bits per heavy atom. The van der Waals surface area contributed by atoms with Gasteiger partial charge in [-0.05, 0) is 36.2 Å². The van der Waals surface area contributed by atoms with Crippen molar-refractivity contribution in [2.24, 2.45) is 5.92 Å². The maximum atomic E-state index is 13.0. The first-order valence-electron chi connectivity index (χ1n) is 6.83. The zero-order valence-corrected chi connectivity index (χ0v) is 12.8. The van der Waals surface area contributed by atoms with Crippen LogP contribution < -0.4 is 10.1 Å². The summed E-state index contributed by atoms with van der Waals surface area (Å²) < 4.78 is 18.5. The zero-order chi connectivity index (χ0) is 15.2. The normalized spacial score (nSPS) is 10.9. The van der Waals surface area contributed by atoms with Crippen LogP contribution in [0, 0.1) is 11.7 Å². The molecule has 5 heteroatoms. The Kier molecular flexibility index (Phi) is 5.53. The summed E-state index contributed by atoms with van der Waals surface area (Å²) in [5, 5.41) is 3.56. The van der Waals surface area contributed by atoms with Crippen LogP contribution in [0.25, 0.3) is 0 Å². The number of aromatic nitrogens is 1. The van der Waals surface area contributed by atoms with Crippen LogP contribution >= 0.6 is 11.6 Å². The van der Waals surface area contributed by atoms with E-state index in [1.165, 1.54) is 18.2 Å². The van der Waals surface area contributed by atoms with Crippen LogP contribution in [0.4, 0.5) is 4.39 Å². The highest BCUT2D eigenvalue weighted by Gasteiger charge is 2.05. The van der Waals surface area contributed by atoms with Gasteiger partial charge >= 0.3 is 0 Å². The van der Waals surface area contributed by atoms with Gasteiger partial charge < -0.3 is 10.1 Å². The molecule has 1 heterocycles. The number of nitrogens with zero attached hydrogens (tertiary/aromatic N) is 1. The fourth-order valence-electron chi connectivity index (χ4n) is 1.75. The molecule has 0 fully saturated rings. The molecule has 2 rings (SSSR count). The molecule has 3 nitrogen and oxygen atoms in total. The Balaban J connectivity index is 1.95. The first-order valence-corrected chi connectivity index (χ1v) is 7.21. The van der Waals surface area contributed by atoms with Crippen LogP contribution in [0.1, 0.15) is 19.4 Å². The molecule has 0 saturated heterocycles. The Labute approximate surface area is 129 Å². The van der Waals surface area contributed by atoms with E-state index in [0.717, 1.165) is 18.7 Å². The van der Waals surface area contributed by atoms with Crippen molar-refractivity contribution in [1.29, 1.82) is 0 Å². The molecule has 0 spiro atoms. The Hall–Kier alpha value is -1.65. The van der Waals surface area contributed by atoms with Crippen LogP contribution in [0.5, 0.6) is 11.6 Å². The van der Waals surface area contributed by atoms with Gasteiger partial charge in [-0.3, -0.25) is 0 Å². The molecule has 0 unspecified atom stereocenters. The third-order valence-corrected chi connectivity index (χ3v) is 3.08. The first kappa shape index (κ1) is 15.7. The van der Waals surface area contributed by atoms with Gasteiger partial charge in [-0.15, -0.1) is 0 Å². The Bertz CT molecular complexity index is 587. The highest BCUT2D eigenvalue weighted by Crippen LogP contribution is 2.28. The summed E-state index contributed by atoms with van der Waals surface area (Å²) in [6, 6.07) is 7.70. The lowest BCUT2D eigenvalue weighted by molar-refractivity contribution is 0.460. The van der Waals surface area contributed by atoms with Gasteiger partial charge in [0.05, 0.1) is 5.02 Å². The van der Waals surface area contributed by atoms with Crippen molar-refractivity contribution in [3.05, 3.63) is 52.9 Å². The maximum absolute atomic E-state index is 13.0. The van der Waals surface area contributed by atoms with Gasteiger partial charge in [0.25, 0.3) is 0 Å².